The maximum Gasteiger partial charge on any atom is 0.290 e. The van der Waals surface area contributed by atoms with E-state index in [-0.39, 0.29) is 36.2 Å². The monoisotopic (exact) mass is 464 g/mol. The molecule has 4 atom stereocenters. The van der Waals surface area contributed by atoms with Crippen molar-refractivity contribution in [2.45, 2.75) is 44.4 Å². The molecule has 3 aliphatic rings. The molecule has 0 amide bonds. The maximum absolute atomic E-state index is 11.6. The highest BCUT2D eigenvalue weighted by Crippen LogP contribution is 2.46. The van der Waals surface area contributed by atoms with E-state index < -0.39 is 15.9 Å². The van der Waals surface area contributed by atoms with Crippen LogP contribution in [0.15, 0.2) is 52.5 Å². The molecule has 1 saturated heterocycles. The fourth-order valence-electron chi connectivity index (χ4n) is 3.75. The van der Waals surface area contributed by atoms with Gasteiger partial charge in [-0.05, 0) is 31.1 Å². The molecule has 8 nitrogen and oxygen atoms in total. The van der Waals surface area contributed by atoms with Gasteiger partial charge in [0.2, 0.25) is 5.79 Å². The second-order valence-corrected chi connectivity index (χ2v) is 9.79. The lowest BCUT2D eigenvalue weighted by atomic mass is 9.79. The molecule has 4 unspecified atom stereocenters. The van der Waals surface area contributed by atoms with Crippen molar-refractivity contribution < 1.29 is 37.0 Å². The van der Waals surface area contributed by atoms with Crippen molar-refractivity contribution in [2.75, 3.05) is 26.4 Å². The van der Waals surface area contributed by atoms with Crippen molar-refractivity contribution in [1.82, 2.24) is 0 Å². The van der Waals surface area contributed by atoms with E-state index in [1.54, 1.807) is 18.2 Å². The molecule has 0 aromatic heterocycles. The van der Waals surface area contributed by atoms with Gasteiger partial charge in [-0.2, -0.15) is 8.42 Å². The van der Waals surface area contributed by atoms with E-state index >= 15 is 0 Å². The molecule has 9 heteroatoms. The largest absolute Gasteiger partial charge is 0.373 e. The Morgan fingerprint density at radius 3 is 2.59 bits per heavy atom. The molecular weight excluding hydrogens is 436 g/mol. The summed E-state index contributed by atoms with van der Waals surface area (Å²) >= 11 is 0. The summed E-state index contributed by atoms with van der Waals surface area (Å²) in [5.41, 5.74) is 2.29. The Hall–Kier alpha value is -1.85. The molecule has 1 aromatic carbocycles. The number of epoxide rings is 1. The van der Waals surface area contributed by atoms with E-state index in [1.165, 1.54) is 12.2 Å². The summed E-state index contributed by atoms with van der Waals surface area (Å²) in [6, 6.07) is 7.22. The average molecular weight is 465 g/mol. The highest BCUT2D eigenvalue weighted by Gasteiger charge is 2.43. The van der Waals surface area contributed by atoms with Gasteiger partial charge in [-0.1, -0.05) is 36.4 Å². The van der Waals surface area contributed by atoms with Crippen molar-refractivity contribution in [3.8, 4) is 0 Å². The number of ether oxygens (including phenoxy) is 4. The standard InChI is InChI=1S/C23H28O8S/c1-15(29-13-19-14-30-19)11-28-16(2)12-31-23(24)21-6-4-3-5-17(21)9-18-10-20(32(25,26)27)7-8-22(18)23/h3-9,15-16,19,24H,10-14H2,1-2H3,(H,25,26,27). The molecule has 4 rings (SSSR count). The van der Waals surface area contributed by atoms with Gasteiger partial charge in [0.15, 0.2) is 0 Å². The molecule has 32 heavy (non-hydrogen) atoms. The van der Waals surface area contributed by atoms with Crippen molar-refractivity contribution in [3.63, 3.8) is 0 Å². The lowest BCUT2D eigenvalue weighted by molar-refractivity contribution is -0.201. The number of allylic oxidation sites excluding steroid dienone is 3. The number of rotatable bonds is 10. The summed E-state index contributed by atoms with van der Waals surface area (Å²) in [5.74, 6) is -1.77. The molecule has 0 spiro atoms. The molecule has 0 saturated carbocycles. The fraction of sp³-hybridized carbons (Fsp3) is 0.478. The van der Waals surface area contributed by atoms with Gasteiger partial charge in [-0.25, -0.2) is 0 Å². The first-order chi connectivity index (χ1) is 15.2. The predicted molar refractivity (Wildman–Crippen MR) is 117 cm³/mol. The second-order valence-electron chi connectivity index (χ2n) is 8.32. The second kappa shape index (κ2) is 9.18. The van der Waals surface area contributed by atoms with Gasteiger partial charge >= 0.3 is 0 Å². The quantitative estimate of drug-likeness (QED) is 0.308. The highest BCUT2D eigenvalue weighted by molar-refractivity contribution is 7.89. The van der Waals surface area contributed by atoms with Crippen LogP contribution in [-0.2, 0) is 34.9 Å². The molecule has 174 valence electrons. The lowest BCUT2D eigenvalue weighted by Crippen LogP contribution is -2.39. The third kappa shape index (κ3) is 5.20. The van der Waals surface area contributed by atoms with Crippen LogP contribution in [0.4, 0.5) is 0 Å². The van der Waals surface area contributed by atoms with Crippen molar-refractivity contribution in [1.29, 1.82) is 0 Å². The van der Waals surface area contributed by atoms with Crippen LogP contribution in [0.3, 0.4) is 0 Å². The summed E-state index contributed by atoms with van der Waals surface area (Å²) in [5, 5.41) is 11.6. The van der Waals surface area contributed by atoms with E-state index in [0.29, 0.717) is 29.9 Å². The zero-order chi connectivity index (χ0) is 22.9. The molecule has 1 heterocycles. The first kappa shape index (κ1) is 23.3. The highest BCUT2D eigenvalue weighted by atomic mass is 32.2. The third-order valence-corrected chi connectivity index (χ3v) is 6.55. The molecule has 2 aliphatic carbocycles. The van der Waals surface area contributed by atoms with Gasteiger partial charge in [0.1, 0.15) is 6.10 Å². The summed E-state index contributed by atoms with van der Waals surface area (Å²) in [4.78, 5) is -0.128. The Bertz CT molecular complexity index is 1050. The van der Waals surface area contributed by atoms with Crippen LogP contribution in [-0.4, -0.2) is 62.8 Å². The predicted octanol–water partition coefficient (Wildman–Crippen LogP) is 2.56. The number of fused-ring (bicyclic) bond motifs is 2. The first-order valence-electron chi connectivity index (χ1n) is 10.6. The van der Waals surface area contributed by atoms with Gasteiger partial charge in [0.25, 0.3) is 10.1 Å². The Balaban J connectivity index is 1.47. The Morgan fingerprint density at radius 2 is 1.88 bits per heavy atom. The third-order valence-electron chi connectivity index (χ3n) is 5.61. The molecule has 1 aromatic rings. The normalized spacial score (nSPS) is 26.2. The maximum atomic E-state index is 11.6. The Kier molecular flexibility index (Phi) is 6.69. The van der Waals surface area contributed by atoms with Gasteiger partial charge in [-0.3, -0.25) is 4.55 Å². The summed E-state index contributed by atoms with van der Waals surface area (Å²) in [6.45, 7) is 5.53. The zero-order valence-electron chi connectivity index (χ0n) is 18.1. The average Bonchev–Trinajstić information content (AvgIpc) is 3.59. The van der Waals surface area contributed by atoms with Gasteiger partial charge < -0.3 is 24.1 Å². The van der Waals surface area contributed by atoms with Gasteiger partial charge in [0, 0.05) is 17.6 Å². The van der Waals surface area contributed by atoms with E-state index in [2.05, 4.69) is 0 Å². The minimum atomic E-state index is -4.33. The van der Waals surface area contributed by atoms with Crippen LogP contribution in [0.5, 0.6) is 0 Å². The molecular formula is C23H28O8S. The topological polar surface area (TPSA) is 115 Å². The first-order valence-corrected chi connectivity index (χ1v) is 12.0. The van der Waals surface area contributed by atoms with Crippen LogP contribution < -0.4 is 0 Å². The molecule has 0 bridgehead atoms. The van der Waals surface area contributed by atoms with Crippen LogP contribution in [0.25, 0.3) is 6.08 Å². The minimum absolute atomic E-state index is 0.0315. The minimum Gasteiger partial charge on any atom is -0.373 e. The molecule has 1 aliphatic heterocycles. The molecule has 2 N–H and O–H groups in total. The van der Waals surface area contributed by atoms with E-state index in [1.807, 2.05) is 26.0 Å². The Labute approximate surface area is 187 Å². The number of aliphatic hydroxyl groups is 1. The lowest BCUT2D eigenvalue weighted by Gasteiger charge is -2.38. The molecule has 0 radical (unpaired) electrons. The van der Waals surface area contributed by atoms with Crippen LogP contribution >= 0.6 is 0 Å². The number of hydrogen-bond acceptors (Lipinski definition) is 7. The smallest absolute Gasteiger partial charge is 0.290 e. The van der Waals surface area contributed by atoms with Gasteiger partial charge in [0.05, 0.1) is 43.5 Å². The van der Waals surface area contributed by atoms with Gasteiger partial charge in [-0.15, -0.1) is 0 Å². The molecule has 1 fully saturated rings. The van der Waals surface area contributed by atoms with E-state index in [9.17, 15) is 18.1 Å². The number of benzene rings is 1. The van der Waals surface area contributed by atoms with Crippen molar-refractivity contribution in [2.24, 2.45) is 0 Å². The van der Waals surface area contributed by atoms with Crippen molar-refractivity contribution >= 4 is 16.2 Å². The van der Waals surface area contributed by atoms with E-state index in [0.717, 1.165) is 12.2 Å². The van der Waals surface area contributed by atoms with Crippen molar-refractivity contribution in [3.05, 3.63) is 63.6 Å². The van der Waals surface area contributed by atoms with Crippen LogP contribution in [0, 0.1) is 0 Å². The van der Waals surface area contributed by atoms with E-state index in [4.69, 9.17) is 18.9 Å². The number of hydrogen-bond donors (Lipinski definition) is 2. The van der Waals surface area contributed by atoms with Crippen LogP contribution in [0.2, 0.25) is 0 Å². The van der Waals surface area contributed by atoms with Crippen LogP contribution in [0.1, 0.15) is 31.4 Å². The Morgan fingerprint density at radius 1 is 1.16 bits per heavy atom. The summed E-state index contributed by atoms with van der Waals surface area (Å²) in [7, 11) is -4.33. The SMILES string of the molecule is CC(COC(C)COC1(O)C2=CC=C(S(=O)(=O)O)CC2=Cc2ccccc21)OCC1CO1. The summed E-state index contributed by atoms with van der Waals surface area (Å²) in [6.07, 6.45) is 4.33. The summed E-state index contributed by atoms with van der Waals surface area (Å²) < 4.78 is 55.2. The fourth-order valence-corrected chi connectivity index (χ4v) is 4.33. The zero-order valence-corrected chi connectivity index (χ0v) is 18.9.